The Balaban J connectivity index is 1.89. The van der Waals surface area contributed by atoms with Gasteiger partial charge in [0.25, 0.3) is 0 Å². The number of aryl methyl sites for hydroxylation is 1. The largest absolute Gasteiger partial charge is 0.397 e. The molecule has 0 aromatic heterocycles. The van der Waals surface area contributed by atoms with Crippen LogP contribution in [0.15, 0.2) is 16.6 Å². The highest BCUT2D eigenvalue weighted by atomic mass is 79.9. The molecule has 0 spiro atoms. The number of anilines is 2. The van der Waals surface area contributed by atoms with Crippen LogP contribution in [0.3, 0.4) is 0 Å². The summed E-state index contributed by atoms with van der Waals surface area (Å²) in [5.41, 5.74) is 8.17. The molecule has 1 aromatic rings. The molecule has 1 aliphatic rings. The van der Waals surface area contributed by atoms with Gasteiger partial charge in [-0.25, -0.2) is 0 Å². The minimum absolute atomic E-state index is 0.0557. The van der Waals surface area contributed by atoms with Crippen LogP contribution in [0.2, 0.25) is 0 Å². The molecule has 1 aromatic carbocycles. The highest BCUT2D eigenvalue weighted by Crippen LogP contribution is 2.28. The molecule has 5 heteroatoms. The van der Waals surface area contributed by atoms with Crippen LogP contribution in [0, 0.1) is 12.8 Å². The first-order chi connectivity index (χ1) is 8.56. The van der Waals surface area contributed by atoms with Gasteiger partial charge in [0.15, 0.2) is 0 Å². The van der Waals surface area contributed by atoms with Crippen LogP contribution in [0.4, 0.5) is 11.4 Å². The predicted molar refractivity (Wildman–Crippen MR) is 77.5 cm³/mol. The summed E-state index contributed by atoms with van der Waals surface area (Å²) in [5, 5.41) is 5.98. The molecule has 0 heterocycles. The SMILES string of the molecule is Cc1cc(Br)cc(NC(=O)CNCC2CC2)c1N. The molecule has 1 aliphatic carbocycles. The maximum Gasteiger partial charge on any atom is 0.238 e. The predicted octanol–water partition coefficient (Wildman–Crippen LogP) is 2.28. The number of nitrogens with two attached hydrogens (primary N) is 1. The lowest BCUT2D eigenvalue weighted by Crippen LogP contribution is -2.29. The van der Waals surface area contributed by atoms with Gasteiger partial charge >= 0.3 is 0 Å². The fraction of sp³-hybridized carbons (Fsp3) is 0.462. The number of carbonyl (C=O) groups is 1. The van der Waals surface area contributed by atoms with E-state index in [1.807, 2.05) is 19.1 Å². The fourth-order valence-corrected chi connectivity index (χ4v) is 2.34. The van der Waals surface area contributed by atoms with Crippen molar-refractivity contribution in [2.75, 3.05) is 24.1 Å². The third-order valence-corrected chi connectivity index (χ3v) is 3.50. The van der Waals surface area contributed by atoms with E-state index in [1.54, 1.807) is 0 Å². The van der Waals surface area contributed by atoms with Crippen molar-refractivity contribution < 1.29 is 4.79 Å². The third-order valence-electron chi connectivity index (χ3n) is 3.04. The number of hydrogen-bond donors (Lipinski definition) is 3. The maximum atomic E-state index is 11.7. The minimum Gasteiger partial charge on any atom is -0.397 e. The van der Waals surface area contributed by atoms with E-state index in [2.05, 4.69) is 26.6 Å². The molecule has 1 fully saturated rings. The van der Waals surface area contributed by atoms with Gasteiger partial charge < -0.3 is 16.4 Å². The number of rotatable bonds is 5. The van der Waals surface area contributed by atoms with Gasteiger partial charge in [-0.2, -0.15) is 0 Å². The number of nitrogen functional groups attached to an aromatic ring is 1. The number of hydrogen-bond acceptors (Lipinski definition) is 3. The molecule has 18 heavy (non-hydrogen) atoms. The Bertz CT molecular complexity index is 458. The van der Waals surface area contributed by atoms with Crippen molar-refractivity contribution in [3.05, 3.63) is 22.2 Å². The topological polar surface area (TPSA) is 67.2 Å². The molecule has 0 unspecified atom stereocenters. The molecule has 0 atom stereocenters. The van der Waals surface area contributed by atoms with Crippen molar-refractivity contribution in [1.29, 1.82) is 0 Å². The van der Waals surface area contributed by atoms with E-state index in [4.69, 9.17) is 5.73 Å². The maximum absolute atomic E-state index is 11.7. The first kappa shape index (κ1) is 13.4. The first-order valence-corrected chi connectivity index (χ1v) is 6.91. The summed E-state index contributed by atoms with van der Waals surface area (Å²) in [4.78, 5) is 11.7. The van der Waals surface area contributed by atoms with Gasteiger partial charge in [-0.05, 0) is 49.9 Å². The van der Waals surface area contributed by atoms with Crippen molar-refractivity contribution in [3.63, 3.8) is 0 Å². The molecule has 1 saturated carbocycles. The second-order valence-electron chi connectivity index (χ2n) is 4.81. The van der Waals surface area contributed by atoms with Crippen LogP contribution in [-0.2, 0) is 4.79 Å². The third kappa shape index (κ3) is 3.71. The van der Waals surface area contributed by atoms with Crippen LogP contribution in [0.5, 0.6) is 0 Å². The lowest BCUT2D eigenvalue weighted by atomic mass is 10.1. The highest BCUT2D eigenvalue weighted by Gasteiger charge is 2.20. The summed E-state index contributed by atoms with van der Waals surface area (Å²) in [5.74, 6) is 0.718. The standard InChI is InChI=1S/C13H18BrN3O/c1-8-4-10(14)5-11(13(8)15)17-12(18)7-16-6-9-2-3-9/h4-5,9,16H,2-3,6-7,15H2,1H3,(H,17,18). The molecular weight excluding hydrogens is 294 g/mol. The van der Waals surface area contributed by atoms with Crippen molar-refractivity contribution in [3.8, 4) is 0 Å². The Hall–Kier alpha value is -1.07. The normalized spacial score (nSPS) is 14.6. The van der Waals surface area contributed by atoms with Gasteiger partial charge in [-0.15, -0.1) is 0 Å². The molecule has 0 aliphatic heterocycles. The van der Waals surface area contributed by atoms with Crippen LogP contribution < -0.4 is 16.4 Å². The zero-order chi connectivity index (χ0) is 13.1. The van der Waals surface area contributed by atoms with E-state index in [9.17, 15) is 4.79 Å². The van der Waals surface area contributed by atoms with Crippen molar-refractivity contribution in [2.24, 2.45) is 5.92 Å². The average molecular weight is 312 g/mol. The molecule has 2 rings (SSSR count). The lowest BCUT2D eigenvalue weighted by molar-refractivity contribution is -0.115. The van der Waals surface area contributed by atoms with Gasteiger partial charge in [0.05, 0.1) is 17.9 Å². The number of halogens is 1. The van der Waals surface area contributed by atoms with Crippen LogP contribution in [-0.4, -0.2) is 19.0 Å². The van der Waals surface area contributed by atoms with E-state index in [1.165, 1.54) is 12.8 Å². The quantitative estimate of drug-likeness (QED) is 0.731. The summed E-state index contributed by atoms with van der Waals surface area (Å²) in [7, 11) is 0. The minimum atomic E-state index is -0.0557. The number of nitrogens with one attached hydrogen (secondary N) is 2. The molecule has 4 nitrogen and oxygen atoms in total. The van der Waals surface area contributed by atoms with Crippen molar-refractivity contribution >= 4 is 33.2 Å². The van der Waals surface area contributed by atoms with Gasteiger partial charge in [0, 0.05) is 4.47 Å². The summed E-state index contributed by atoms with van der Waals surface area (Å²) in [6, 6.07) is 3.75. The van der Waals surface area contributed by atoms with Gasteiger partial charge in [-0.3, -0.25) is 4.79 Å². The fourth-order valence-electron chi connectivity index (χ4n) is 1.76. The van der Waals surface area contributed by atoms with E-state index >= 15 is 0 Å². The molecule has 4 N–H and O–H groups in total. The molecule has 0 radical (unpaired) electrons. The number of benzene rings is 1. The van der Waals surface area contributed by atoms with E-state index in [-0.39, 0.29) is 5.91 Å². The highest BCUT2D eigenvalue weighted by molar-refractivity contribution is 9.10. The van der Waals surface area contributed by atoms with Crippen LogP contribution in [0.1, 0.15) is 18.4 Å². The zero-order valence-corrected chi connectivity index (χ0v) is 12.0. The zero-order valence-electron chi connectivity index (χ0n) is 10.4. The molecule has 0 saturated heterocycles. The Morgan fingerprint density at radius 2 is 2.22 bits per heavy atom. The van der Waals surface area contributed by atoms with Gasteiger partial charge in [-0.1, -0.05) is 15.9 Å². The molecule has 98 valence electrons. The monoisotopic (exact) mass is 311 g/mol. The lowest BCUT2D eigenvalue weighted by Gasteiger charge is -2.11. The Morgan fingerprint density at radius 3 is 2.89 bits per heavy atom. The second kappa shape index (κ2) is 5.71. The van der Waals surface area contributed by atoms with Crippen LogP contribution >= 0.6 is 15.9 Å². The Morgan fingerprint density at radius 1 is 1.50 bits per heavy atom. The second-order valence-corrected chi connectivity index (χ2v) is 5.72. The summed E-state index contributed by atoms with van der Waals surface area (Å²) in [6.07, 6.45) is 2.57. The summed E-state index contributed by atoms with van der Waals surface area (Å²) >= 11 is 3.39. The van der Waals surface area contributed by atoms with E-state index in [0.29, 0.717) is 17.9 Å². The smallest absolute Gasteiger partial charge is 0.238 e. The van der Waals surface area contributed by atoms with Crippen LogP contribution in [0.25, 0.3) is 0 Å². The number of carbonyl (C=O) groups excluding carboxylic acids is 1. The van der Waals surface area contributed by atoms with E-state index in [0.717, 1.165) is 22.5 Å². The number of amides is 1. The summed E-state index contributed by atoms with van der Waals surface area (Å²) in [6.45, 7) is 3.18. The molecular formula is C13H18BrN3O. The molecule has 0 bridgehead atoms. The Labute approximate surface area is 115 Å². The molecule has 1 amide bonds. The van der Waals surface area contributed by atoms with Gasteiger partial charge in [0.2, 0.25) is 5.91 Å². The summed E-state index contributed by atoms with van der Waals surface area (Å²) < 4.78 is 0.912. The average Bonchev–Trinajstić information content (AvgIpc) is 3.09. The van der Waals surface area contributed by atoms with Crippen molar-refractivity contribution in [1.82, 2.24) is 5.32 Å². The van der Waals surface area contributed by atoms with E-state index < -0.39 is 0 Å². The first-order valence-electron chi connectivity index (χ1n) is 6.12. The Kier molecular flexibility index (Phi) is 4.24. The van der Waals surface area contributed by atoms with Gasteiger partial charge in [0.1, 0.15) is 0 Å². The van der Waals surface area contributed by atoms with Crippen molar-refractivity contribution in [2.45, 2.75) is 19.8 Å².